The highest BCUT2D eigenvalue weighted by atomic mass is 19.3. The van der Waals surface area contributed by atoms with Crippen LogP contribution in [0, 0.1) is 5.92 Å². The topological polar surface area (TPSA) is 33.6 Å². The fourth-order valence-electron chi connectivity index (χ4n) is 3.30. The van der Waals surface area contributed by atoms with E-state index in [1.165, 1.54) is 50.5 Å². The van der Waals surface area contributed by atoms with Gasteiger partial charge in [0.15, 0.2) is 12.5 Å². The second kappa shape index (κ2) is 11.6. The predicted octanol–water partition coefficient (Wildman–Crippen LogP) is 5.71. The standard InChI is InChI=1S/C20H36F2N2O/c1-5-19(25-15-20(3,21)22)24-18(14-23-4)16(2)10-9-13-17-11-7-6-8-12-17/h17,23H,5-15H2,1-4H3/b18-16+,24-19?. The molecule has 0 bridgehead atoms. The zero-order valence-corrected chi connectivity index (χ0v) is 16.5. The molecule has 0 amide bonds. The molecule has 0 aromatic rings. The van der Waals surface area contributed by atoms with Crippen LogP contribution in [0.15, 0.2) is 16.3 Å². The zero-order valence-electron chi connectivity index (χ0n) is 16.5. The highest BCUT2D eigenvalue weighted by molar-refractivity contribution is 5.77. The Hall–Kier alpha value is -0.970. The largest absolute Gasteiger partial charge is 0.474 e. The summed E-state index contributed by atoms with van der Waals surface area (Å²) < 4.78 is 31.2. The molecule has 0 saturated heterocycles. The van der Waals surface area contributed by atoms with Crippen LogP contribution in [0.3, 0.4) is 0 Å². The number of aliphatic imine (C=N–C) groups is 1. The van der Waals surface area contributed by atoms with Crippen molar-refractivity contribution >= 4 is 5.90 Å². The second-order valence-corrected chi connectivity index (χ2v) is 7.37. The SMILES string of the molecule is CCC(=N/C(CNC)=C(\C)CCCC1CCCCC1)OCC(C)(F)F. The van der Waals surface area contributed by atoms with Crippen LogP contribution in [-0.4, -0.2) is 32.0 Å². The quantitative estimate of drug-likeness (QED) is 0.401. The fourth-order valence-corrected chi connectivity index (χ4v) is 3.30. The Labute approximate surface area is 152 Å². The first-order valence-electron chi connectivity index (χ1n) is 9.77. The number of allylic oxidation sites excluding steroid dienone is 1. The first-order chi connectivity index (χ1) is 11.9. The van der Waals surface area contributed by atoms with Crippen LogP contribution >= 0.6 is 0 Å². The molecule has 0 spiro atoms. The molecule has 0 unspecified atom stereocenters. The van der Waals surface area contributed by atoms with E-state index in [-0.39, 0.29) is 0 Å². The van der Waals surface area contributed by atoms with Gasteiger partial charge in [0.1, 0.15) is 0 Å². The maximum Gasteiger partial charge on any atom is 0.278 e. The molecule has 0 atom stereocenters. The fraction of sp³-hybridized carbons (Fsp3) is 0.850. The molecule has 1 aliphatic carbocycles. The number of rotatable bonds is 10. The molecule has 0 aliphatic heterocycles. The number of ether oxygens (including phenoxy) is 1. The maximum absolute atomic E-state index is 13.0. The van der Waals surface area contributed by atoms with Gasteiger partial charge in [-0.25, -0.2) is 13.8 Å². The number of nitrogens with one attached hydrogen (secondary N) is 1. The van der Waals surface area contributed by atoms with Gasteiger partial charge in [0, 0.05) is 19.9 Å². The van der Waals surface area contributed by atoms with Crippen molar-refractivity contribution in [1.82, 2.24) is 5.32 Å². The van der Waals surface area contributed by atoms with Crippen LogP contribution in [0.5, 0.6) is 0 Å². The van der Waals surface area contributed by atoms with Gasteiger partial charge in [-0.05, 0) is 32.7 Å². The van der Waals surface area contributed by atoms with Crippen molar-refractivity contribution in [2.45, 2.75) is 84.5 Å². The van der Waals surface area contributed by atoms with Gasteiger partial charge in [-0.3, -0.25) is 0 Å². The molecule has 1 rings (SSSR count). The van der Waals surface area contributed by atoms with Crippen molar-refractivity contribution in [3.8, 4) is 0 Å². The van der Waals surface area contributed by atoms with Crippen LogP contribution in [0.1, 0.15) is 78.6 Å². The van der Waals surface area contributed by atoms with E-state index in [1.54, 1.807) is 0 Å². The lowest BCUT2D eigenvalue weighted by Gasteiger charge is -2.21. The van der Waals surface area contributed by atoms with Gasteiger partial charge in [-0.1, -0.05) is 51.0 Å². The smallest absolute Gasteiger partial charge is 0.278 e. The van der Waals surface area contributed by atoms with Crippen molar-refractivity contribution in [1.29, 1.82) is 0 Å². The van der Waals surface area contributed by atoms with Gasteiger partial charge < -0.3 is 10.1 Å². The van der Waals surface area contributed by atoms with Gasteiger partial charge in [0.25, 0.3) is 5.92 Å². The van der Waals surface area contributed by atoms with E-state index in [0.717, 1.165) is 25.0 Å². The molecule has 146 valence electrons. The monoisotopic (exact) mass is 358 g/mol. The van der Waals surface area contributed by atoms with E-state index < -0.39 is 12.5 Å². The number of halogens is 2. The molecule has 1 fully saturated rings. The van der Waals surface area contributed by atoms with Crippen molar-refractivity contribution in [3.63, 3.8) is 0 Å². The average molecular weight is 359 g/mol. The average Bonchev–Trinajstić information content (AvgIpc) is 2.57. The van der Waals surface area contributed by atoms with E-state index in [4.69, 9.17) is 4.74 Å². The molecule has 25 heavy (non-hydrogen) atoms. The molecule has 0 aromatic heterocycles. The molecule has 1 N–H and O–H groups in total. The van der Waals surface area contributed by atoms with Crippen LogP contribution < -0.4 is 5.32 Å². The summed E-state index contributed by atoms with van der Waals surface area (Å²) in [5, 5.41) is 3.12. The Bertz CT molecular complexity index is 435. The molecule has 1 aliphatic rings. The number of hydrogen-bond acceptors (Lipinski definition) is 3. The molecule has 0 aromatic carbocycles. The van der Waals surface area contributed by atoms with E-state index in [1.807, 2.05) is 14.0 Å². The minimum atomic E-state index is -2.84. The summed E-state index contributed by atoms with van der Waals surface area (Å²) in [5.74, 6) is -1.56. The Balaban J connectivity index is 2.62. The molecule has 0 radical (unpaired) electrons. The molecular formula is C20H36F2N2O. The summed E-state index contributed by atoms with van der Waals surface area (Å²) in [7, 11) is 1.87. The molecule has 0 heterocycles. The lowest BCUT2D eigenvalue weighted by molar-refractivity contribution is -0.0278. The third-order valence-electron chi connectivity index (χ3n) is 4.78. The third kappa shape index (κ3) is 9.93. The Morgan fingerprint density at radius 1 is 1.24 bits per heavy atom. The van der Waals surface area contributed by atoms with E-state index in [0.29, 0.717) is 18.9 Å². The van der Waals surface area contributed by atoms with E-state index >= 15 is 0 Å². The maximum atomic E-state index is 13.0. The van der Waals surface area contributed by atoms with Crippen molar-refractivity contribution in [2.75, 3.05) is 20.2 Å². The lowest BCUT2D eigenvalue weighted by Crippen LogP contribution is -2.22. The highest BCUT2D eigenvalue weighted by Gasteiger charge is 2.22. The second-order valence-electron chi connectivity index (χ2n) is 7.37. The number of hydrogen-bond donors (Lipinski definition) is 1. The summed E-state index contributed by atoms with van der Waals surface area (Å²) in [6.07, 6.45) is 10.9. The summed E-state index contributed by atoms with van der Waals surface area (Å²) >= 11 is 0. The first kappa shape index (κ1) is 22.1. The van der Waals surface area contributed by atoms with Crippen molar-refractivity contribution < 1.29 is 13.5 Å². The van der Waals surface area contributed by atoms with Crippen LogP contribution in [0.25, 0.3) is 0 Å². The van der Waals surface area contributed by atoms with Gasteiger partial charge in [-0.2, -0.15) is 0 Å². The zero-order chi connectivity index (χ0) is 18.7. The molecule has 5 heteroatoms. The summed E-state index contributed by atoms with van der Waals surface area (Å²) in [4.78, 5) is 4.53. The minimum Gasteiger partial charge on any atom is -0.474 e. The van der Waals surface area contributed by atoms with Gasteiger partial charge in [0.2, 0.25) is 0 Å². The number of likely N-dealkylation sites (N-methyl/N-ethyl adjacent to an activating group) is 1. The summed E-state index contributed by atoms with van der Waals surface area (Å²) in [5.41, 5.74) is 2.14. The number of nitrogens with zero attached hydrogens (tertiary/aromatic N) is 1. The Morgan fingerprint density at radius 2 is 1.92 bits per heavy atom. The van der Waals surface area contributed by atoms with Crippen LogP contribution in [0.4, 0.5) is 8.78 Å². The Morgan fingerprint density at radius 3 is 2.48 bits per heavy atom. The van der Waals surface area contributed by atoms with Crippen LogP contribution in [-0.2, 0) is 4.74 Å². The summed E-state index contributed by atoms with van der Waals surface area (Å²) in [6, 6.07) is 0. The van der Waals surface area contributed by atoms with E-state index in [2.05, 4.69) is 17.2 Å². The van der Waals surface area contributed by atoms with Crippen molar-refractivity contribution in [2.24, 2.45) is 10.9 Å². The van der Waals surface area contributed by atoms with Gasteiger partial charge in [0.05, 0.1) is 5.70 Å². The van der Waals surface area contributed by atoms with Crippen LogP contribution in [0.2, 0.25) is 0 Å². The first-order valence-corrected chi connectivity index (χ1v) is 9.77. The van der Waals surface area contributed by atoms with Gasteiger partial charge >= 0.3 is 0 Å². The third-order valence-corrected chi connectivity index (χ3v) is 4.78. The van der Waals surface area contributed by atoms with E-state index in [9.17, 15) is 8.78 Å². The summed E-state index contributed by atoms with van der Waals surface area (Å²) in [6.45, 7) is 4.85. The number of alkyl halides is 2. The minimum absolute atomic E-state index is 0.387. The molecule has 1 saturated carbocycles. The Kier molecular flexibility index (Phi) is 10.2. The molecular weight excluding hydrogens is 322 g/mol. The predicted molar refractivity (Wildman–Crippen MR) is 101 cm³/mol. The normalized spacial score (nSPS) is 18.2. The lowest BCUT2D eigenvalue weighted by atomic mass is 9.85. The van der Waals surface area contributed by atoms with Gasteiger partial charge in [-0.15, -0.1) is 0 Å². The highest BCUT2D eigenvalue weighted by Crippen LogP contribution is 2.28. The van der Waals surface area contributed by atoms with Crippen molar-refractivity contribution in [3.05, 3.63) is 11.3 Å². The molecule has 3 nitrogen and oxygen atoms in total.